The van der Waals surface area contributed by atoms with Crippen molar-refractivity contribution in [3.8, 4) is 0 Å². The molecule has 1 aliphatic heterocycles. The monoisotopic (exact) mass is 355 g/mol. The second-order valence-electron chi connectivity index (χ2n) is 6.73. The van der Waals surface area contributed by atoms with E-state index in [2.05, 4.69) is 15.5 Å². The first kappa shape index (κ1) is 18.2. The van der Waals surface area contributed by atoms with Crippen LogP contribution in [0.2, 0.25) is 0 Å². The van der Waals surface area contributed by atoms with E-state index >= 15 is 0 Å². The minimum absolute atomic E-state index is 0.00949. The van der Waals surface area contributed by atoms with Gasteiger partial charge >= 0.3 is 0 Å². The Morgan fingerprint density at radius 3 is 2.42 bits per heavy atom. The van der Waals surface area contributed by atoms with E-state index in [1.165, 1.54) is 0 Å². The molecule has 0 spiro atoms. The maximum atomic E-state index is 12.4. The molecule has 2 amide bonds. The summed E-state index contributed by atoms with van der Waals surface area (Å²) >= 11 is 0. The number of anilines is 1. The van der Waals surface area contributed by atoms with Gasteiger partial charge in [-0.1, -0.05) is 18.2 Å². The first-order valence-corrected chi connectivity index (χ1v) is 9.00. The normalized spacial score (nSPS) is 16.8. The van der Waals surface area contributed by atoms with Gasteiger partial charge in [-0.2, -0.15) is 0 Å². The SMILES string of the molecule is Cc1ccc(C(=O)NC2CCN(C(C)C(=O)Nc3ccccc3)CC2)o1. The lowest BCUT2D eigenvalue weighted by Crippen LogP contribution is -2.50. The minimum atomic E-state index is -0.209. The minimum Gasteiger partial charge on any atom is -0.456 e. The second-order valence-corrected chi connectivity index (χ2v) is 6.73. The van der Waals surface area contributed by atoms with Gasteiger partial charge in [0.2, 0.25) is 5.91 Å². The van der Waals surface area contributed by atoms with Crippen LogP contribution in [-0.2, 0) is 4.79 Å². The fourth-order valence-corrected chi connectivity index (χ4v) is 3.18. The average molecular weight is 355 g/mol. The van der Waals surface area contributed by atoms with Crippen LogP contribution in [0.5, 0.6) is 0 Å². The Balaban J connectivity index is 1.47. The fraction of sp³-hybridized carbons (Fsp3) is 0.400. The lowest BCUT2D eigenvalue weighted by Gasteiger charge is -2.35. The van der Waals surface area contributed by atoms with Crippen molar-refractivity contribution < 1.29 is 14.0 Å². The zero-order valence-corrected chi connectivity index (χ0v) is 15.2. The lowest BCUT2D eigenvalue weighted by molar-refractivity contribution is -0.121. The molecule has 1 aliphatic rings. The first-order valence-electron chi connectivity index (χ1n) is 9.00. The van der Waals surface area contributed by atoms with Crippen molar-refractivity contribution in [3.05, 3.63) is 54.0 Å². The van der Waals surface area contributed by atoms with E-state index in [1.54, 1.807) is 12.1 Å². The molecule has 0 bridgehead atoms. The van der Waals surface area contributed by atoms with Crippen LogP contribution in [0.15, 0.2) is 46.9 Å². The number of piperidine rings is 1. The Morgan fingerprint density at radius 1 is 1.12 bits per heavy atom. The second kappa shape index (κ2) is 8.19. The standard InChI is InChI=1S/C20H25N3O3/c1-14-8-9-18(26-14)20(25)22-17-10-12-23(13-11-17)15(2)19(24)21-16-6-4-3-5-7-16/h3-9,15,17H,10-13H2,1-2H3,(H,21,24)(H,22,25). The predicted molar refractivity (Wildman–Crippen MR) is 100 cm³/mol. The van der Waals surface area contributed by atoms with Gasteiger partial charge in [0.25, 0.3) is 5.91 Å². The van der Waals surface area contributed by atoms with Crippen LogP contribution in [0.4, 0.5) is 5.69 Å². The van der Waals surface area contributed by atoms with Crippen LogP contribution in [0.3, 0.4) is 0 Å². The van der Waals surface area contributed by atoms with E-state index in [4.69, 9.17) is 4.42 Å². The molecule has 26 heavy (non-hydrogen) atoms. The Morgan fingerprint density at radius 2 is 1.81 bits per heavy atom. The van der Waals surface area contributed by atoms with Gasteiger partial charge < -0.3 is 15.1 Å². The van der Waals surface area contributed by atoms with Crippen molar-refractivity contribution in [1.82, 2.24) is 10.2 Å². The number of rotatable bonds is 5. The highest BCUT2D eigenvalue weighted by Gasteiger charge is 2.27. The number of nitrogens with one attached hydrogen (secondary N) is 2. The number of hydrogen-bond donors (Lipinski definition) is 2. The van der Waals surface area contributed by atoms with E-state index < -0.39 is 0 Å². The third-order valence-electron chi connectivity index (χ3n) is 4.80. The van der Waals surface area contributed by atoms with Crippen molar-refractivity contribution in [2.75, 3.05) is 18.4 Å². The third kappa shape index (κ3) is 4.52. The molecule has 0 saturated carbocycles. The van der Waals surface area contributed by atoms with Crippen LogP contribution in [-0.4, -0.2) is 41.9 Å². The van der Waals surface area contributed by atoms with Crippen LogP contribution < -0.4 is 10.6 Å². The summed E-state index contributed by atoms with van der Waals surface area (Å²) in [5.41, 5.74) is 0.806. The van der Waals surface area contributed by atoms with Gasteiger partial charge in [0, 0.05) is 24.8 Å². The average Bonchev–Trinajstić information content (AvgIpc) is 3.09. The molecule has 2 aromatic rings. The quantitative estimate of drug-likeness (QED) is 0.865. The molecule has 1 saturated heterocycles. The van der Waals surface area contributed by atoms with Gasteiger partial charge in [-0.3, -0.25) is 14.5 Å². The lowest BCUT2D eigenvalue weighted by atomic mass is 10.0. The molecule has 1 unspecified atom stereocenters. The van der Waals surface area contributed by atoms with E-state index in [-0.39, 0.29) is 23.9 Å². The van der Waals surface area contributed by atoms with Crippen molar-refractivity contribution in [3.63, 3.8) is 0 Å². The molecule has 6 heteroatoms. The Labute approximate surface area is 153 Å². The summed E-state index contributed by atoms with van der Waals surface area (Å²) in [6.45, 7) is 5.27. The summed E-state index contributed by atoms with van der Waals surface area (Å²) in [6.07, 6.45) is 1.63. The maximum Gasteiger partial charge on any atom is 0.287 e. The molecule has 0 radical (unpaired) electrons. The molecular weight excluding hydrogens is 330 g/mol. The molecule has 1 aromatic carbocycles. The maximum absolute atomic E-state index is 12.4. The first-order chi connectivity index (χ1) is 12.5. The van der Waals surface area contributed by atoms with Crippen LogP contribution in [0, 0.1) is 6.92 Å². The number of para-hydroxylation sites is 1. The molecule has 0 aliphatic carbocycles. The summed E-state index contributed by atoms with van der Waals surface area (Å²) < 4.78 is 5.36. The number of likely N-dealkylation sites (tertiary alicyclic amines) is 1. The highest BCUT2D eigenvalue weighted by molar-refractivity contribution is 5.94. The van der Waals surface area contributed by atoms with Crippen LogP contribution in [0.25, 0.3) is 0 Å². The topological polar surface area (TPSA) is 74.6 Å². The molecule has 138 valence electrons. The summed E-state index contributed by atoms with van der Waals surface area (Å²) in [6, 6.07) is 12.8. The van der Waals surface area contributed by atoms with E-state index in [0.29, 0.717) is 5.76 Å². The zero-order chi connectivity index (χ0) is 18.5. The van der Waals surface area contributed by atoms with Crippen LogP contribution in [0.1, 0.15) is 36.1 Å². The van der Waals surface area contributed by atoms with E-state index in [0.717, 1.165) is 37.4 Å². The predicted octanol–water partition coefficient (Wildman–Crippen LogP) is 2.81. The molecule has 3 rings (SSSR count). The summed E-state index contributed by atoms with van der Waals surface area (Å²) in [5.74, 6) is 0.889. The molecule has 1 aromatic heterocycles. The summed E-state index contributed by atoms with van der Waals surface area (Å²) in [7, 11) is 0. The van der Waals surface area contributed by atoms with Gasteiger partial charge in [-0.15, -0.1) is 0 Å². The third-order valence-corrected chi connectivity index (χ3v) is 4.80. The van der Waals surface area contributed by atoms with Crippen molar-refractivity contribution in [1.29, 1.82) is 0 Å². The van der Waals surface area contributed by atoms with Crippen molar-refractivity contribution in [2.24, 2.45) is 0 Å². The Hall–Kier alpha value is -2.60. The largest absolute Gasteiger partial charge is 0.456 e. The van der Waals surface area contributed by atoms with Gasteiger partial charge in [-0.25, -0.2) is 0 Å². The Bertz CT molecular complexity index is 749. The number of carbonyl (C=O) groups is 2. The van der Waals surface area contributed by atoms with Gasteiger partial charge in [-0.05, 0) is 51.0 Å². The fourth-order valence-electron chi connectivity index (χ4n) is 3.18. The Kier molecular flexibility index (Phi) is 5.73. The highest BCUT2D eigenvalue weighted by Crippen LogP contribution is 2.16. The summed E-state index contributed by atoms with van der Waals surface area (Å²) in [4.78, 5) is 26.7. The number of benzene rings is 1. The number of carbonyl (C=O) groups excluding carboxylic acids is 2. The van der Waals surface area contributed by atoms with Crippen molar-refractivity contribution >= 4 is 17.5 Å². The molecule has 2 N–H and O–H groups in total. The zero-order valence-electron chi connectivity index (χ0n) is 15.2. The molecule has 2 heterocycles. The van der Waals surface area contributed by atoms with E-state index in [9.17, 15) is 9.59 Å². The number of nitrogens with zero attached hydrogens (tertiary/aromatic N) is 1. The van der Waals surface area contributed by atoms with Crippen LogP contribution >= 0.6 is 0 Å². The highest BCUT2D eigenvalue weighted by atomic mass is 16.3. The van der Waals surface area contributed by atoms with Gasteiger partial charge in [0.15, 0.2) is 5.76 Å². The van der Waals surface area contributed by atoms with Gasteiger partial charge in [0.05, 0.1) is 6.04 Å². The molecule has 1 atom stereocenters. The van der Waals surface area contributed by atoms with Crippen molar-refractivity contribution in [2.45, 2.75) is 38.8 Å². The number of aryl methyl sites for hydroxylation is 1. The van der Waals surface area contributed by atoms with E-state index in [1.807, 2.05) is 44.2 Å². The number of hydrogen-bond acceptors (Lipinski definition) is 4. The number of amides is 2. The molecular formula is C20H25N3O3. The van der Waals surface area contributed by atoms with Gasteiger partial charge in [0.1, 0.15) is 5.76 Å². The number of furan rings is 1. The molecule has 6 nitrogen and oxygen atoms in total. The smallest absolute Gasteiger partial charge is 0.287 e. The molecule has 1 fully saturated rings. The summed E-state index contributed by atoms with van der Waals surface area (Å²) in [5, 5.41) is 5.96.